The van der Waals surface area contributed by atoms with Crippen LogP contribution in [0.5, 0.6) is 5.75 Å². The van der Waals surface area contributed by atoms with Crippen molar-refractivity contribution in [2.45, 2.75) is 12.8 Å². The highest BCUT2D eigenvalue weighted by molar-refractivity contribution is 9.10. The van der Waals surface area contributed by atoms with Crippen molar-refractivity contribution in [2.75, 3.05) is 7.11 Å². The Morgan fingerprint density at radius 3 is 2.43 bits per heavy atom. The van der Waals surface area contributed by atoms with Gasteiger partial charge in [0.05, 0.1) is 12.5 Å². The number of carbonyl (C=O) groups is 3. The van der Waals surface area contributed by atoms with Gasteiger partial charge in [0.25, 0.3) is 0 Å². The van der Waals surface area contributed by atoms with Crippen LogP contribution in [0.1, 0.15) is 28.8 Å². The van der Waals surface area contributed by atoms with Gasteiger partial charge in [-0.15, -0.1) is 0 Å². The summed E-state index contributed by atoms with van der Waals surface area (Å²) in [4.78, 5) is 39.9. The van der Waals surface area contributed by atoms with Gasteiger partial charge < -0.3 is 9.47 Å². The standard InChI is InChI=1S/C24H17BrO5/c1-23(20(26)14-7-10-15(25)11-8-14)19-18-16-6-4-3-5-13(16)9-12-17(18)30-22(28)24(19,23)21(27)29-2/h3-12,19H,1-2H3/t19-,23+,24+/m1/s1. The van der Waals surface area contributed by atoms with E-state index in [1.165, 1.54) is 7.11 Å². The average Bonchev–Trinajstić information content (AvgIpc) is 3.35. The summed E-state index contributed by atoms with van der Waals surface area (Å²) in [5, 5.41) is 1.80. The van der Waals surface area contributed by atoms with Crippen molar-refractivity contribution in [3.05, 3.63) is 76.3 Å². The van der Waals surface area contributed by atoms with Crippen LogP contribution in [0.25, 0.3) is 10.8 Å². The molecule has 0 N–H and O–H groups in total. The zero-order valence-corrected chi connectivity index (χ0v) is 17.9. The largest absolute Gasteiger partial charge is 0.468 e. The summed E-state index contributed by atoms with van der Waals surface area (Å²) in [5.74, 6) is -2.06. The van der Waals surface area contributed by atoms with Crippen LogP contribution in [-0.4, -0.2) is 24.8 Å². The van der Waals surface area contributed by atoms with Gasteiger partial charge in [-0.2, -0.15) is 0 Å². The maximum atomic E-state index is 13.7. The molecule has 1 heterocycles. The van der Waals surface area contributed by atoms with Crippen molar-refractivity contribution in [3.63, 3.8) is 0 Å². The highest BCUT2D eigenvalue weighted by atomic mass is 79.9. The number of hydrogen-bond donors (Lipinski definition) is 0. The van der Waals surface area contributed by atoms with Crippen LogP contribution in [0.4, 0.5) is 0 Å². The highest BCUT2D eigenvalue weighted by Gasteiger charge is 2.89. The first-order chi connectivity index (χ1) is 14.4. The molecule has 2 aliphatic rings. The molecule has 0 unspecified atom stereocenters. The van der Waals surface area contributed by atoms with E-state index in [4.69, 9.17) is 9.47 Å². The number of benzene rings is 3. The zero-order chi connectivity index (χ0) is 21.3. The Balaban J connectivity index is 1.78. The first-order valence-corrected chi connectivity index (χ1v) is 10.3. The molecule has 150 valence electrons. The lowest BCUT2D eigenvalue weighted by molar-refractivity contribution is -0.160. The van der Waals surface area contributed by atoms with E-state index in [0.29, 0.717) is 16.9 Å². The summed E-state index contributed by atoms with van der Waals surface area (Å²) in [6, 6.07) is 18.1. The Hall–Kier alpha value is -2.99. The number of ether oxygens (including phenoxy) is 2. The van der Waals surface area contributed by atoms with Crippen molar-refractivity contribution in [2.24, 2.45) is 10.8 Å². The van der Waals surface area contributed by atoms with Crippen LogP contribution in [0, 0.1) is 10.8 Å². The molecule has 0 saturated heterocycles. The van der Waals surface area contributed by atoms with E-state index in [9.17, 15) is 14.4 Å². The van der Waals surface area contributed by atoms with Crippen LogP contribution in [0.3, 0.4) is 0 Å². The molecule has 3 atom stereocenters. The number of hydrogen-bond acceptors (Lipinski definition) is 5. The van der Waals surface area contributed by atoms with Gasteiger partial charge >= 0.3 is 11.9 Å². The summed E-state index contributed by atoms with van der Waals surface area (Å²) in [6.45, 7) is 1.66. The molecule has 1 saturated carbocycles. The van der Waals surface area contributed by atoms with Crippen molar-refractivity contribution < 1.29 is 23.9 Å². The maximum Gasteiger partial charge on any atom is 0.330 e. The normalized spacial score (nSPS) is 26.4. The van der Waals surface area contributed by atoms with E-state index in [0.717, 1.165) is 15.2 Å². The molecule has 5 rings (SSSR count). The molecule has 0 bridgehead atoms. The lowest BCUT2D eigenvalue weighted by Crippen LogP contribution is -2.39. The minimum Gasteiger partial charge on any atom is -0.468 e. The molecule has 6 heteroatoms. The molecular formula is C24H17BrO5. The monoisotopic (exact) mass is 464 g/mol. The molecule has 3 aromatic carbocycles. The van der Waals surface area contributed by atoms with Gasteiger partial charge in [-0.25, -0.2) is 0 Å². The van der Waals surface area contributed by atoms with Gasteiger partial charge in [-0.05, 0) is 35.9 Å². The number of methoxy groups -OCH3 is 1. The highest BCUT2D eigenvalue weighted by Crippen LogP contribution is 2.79. The summed E-state index contributed by atoms with van der Waals surface area (Å²) < 4.78 is 11.5. The Labute approximate surface area is 181 Å². The number of carbonyl (C=O) groups excluding carboxylic acids is 3. The fourth-order valence-corrected chi connectivity index (χ4v) is 5.35. The average molecular weight is 465 g/mol. The topological polar surface area (TPSA) is 69.7 Å². The molecule has 0 radical (unpaired) electrons. The molecule has 1 aliphatic heterocycles. The molecule has 1 aliphatic carbocycles. The zero-order valence-electron chi connectivity index (χ0n) is 16.3. The van der Waals surface area contributed by atoms with Crippen molar-refractivity contribution in [1.29, 1.82) is 0 Å². The molecule has 0 spiro atoms. The van der Waals surface area contributed by atoms with Crippen LogP contribution in [0.15, 0.2) is 65.1 Å². The van der Waals surface area contributed by atoms with Crippen molar-refractivity contribution >= 4 is 44.4 Å². The van der Waals surface area contributed by atoms with Gasteiger partial charge in [-0.3, -0.25) is 14.4 Å². The summed E-state index contributed by atoms with van der Waals surface area (Å²) in [7, 11) is 1.23. The Kier molecular flexibility index (Phi) is 3.96. The lowest BCUT2D eigenvalue weighted by atomic mass is 9.87. The lowest BCUT2D eigenvalue weighted by Gasteiger charge is -2.22. The number of Topliss-reactive ketones (excluding diaryl/α,β-unsaturated/α-hetero) is 1. The van der Waals surface area contributed by atoms with Gasteiger partial charge in [0, 0.05) is 21.5 Å². The number of esters is 2. The van der Waals surface area contributed by atoms with E-state index in [-0.39, 0.29) is 5.78 Å². The summed E-state index contributed by atoms with van der Waals surface area (Å²) in [6.07, 6.45) is 0. The van der Waals surface area contributed by atoms with E-state index < -0.39 is 28.7 Å². The number of fused-ring (bicyclic) bond motifs is 5. The van der Waals surface area contributed by atoms with E-state index >= 15 is 0 Å². The Morgan fingerprint density at radius 1 is 1.03 bits per heavy atom. The molecular weight excluding hydrogens is 448 g/mol. The summed E-state index contributed by atoms with van der Waals surface area (Å²) >= 11 is 3.37. The van der Waals surface area contributed by atoms with Crippen molar-refractivity contribution in [3.8, 4) is 5.75 Å². The third-order valence-corrected chi connectivity index (χ3v) is 7.10. The SMILES string of the molecule is COC(=O)[C@]12C(=O)Oc3ccc4ccccc4c3[C@@H]1[C@@]2(C)C(=O)c1ccc(Br)cc1. The van der Waals surface area contributed by atoms with Gasteiger partial charge in [0.2, 0.25) is 0 Å². The van der Waals surface area contributed by atoms with Gasteiger partial charge in [-0.1, -0.05) is 58.4 Å². The van der Waals surface area contributed by atoms with Crippen LogP contribution in [0.2, 0.25) is 0 Å². The van der Waals surface area contributed by atoms with E-state index in [1.807, 2.05) is 30.3 Å². The van der Waals surface area contributed by atoms with Gasteiger partial charge in [0.15, 0.2) is 11.2 Å². The van der Waals surface area contributed by atoms with Gasteiger partial charge in [0.1, 0.15) is 5.75 Å². The van der Waals surface area contributed by atoms with Crippen molar-refractivity contribution in [1.82, 2.24) is 0 Å². The molecule has 0 aromatic heterocycles. The molecule has 3 aromatic rings. The first kappa shape index (κ1) is 19.0. The summed E-state index contributed by atoms with van der Waals surface area (Å²) in [5.41, 5.74) is -1.90. The predicted molar refractivity (Wildman–Crippen MR) is 113 cm³/mol. The minimum atomic E-state index is -1.71. The second-order valence-corrected chi connectivity index (χ2v) is 8.77. The van der Waals surface area contributed by atoms with Crippen LogP contribution in [-0.2, 0) is 14.3 Å². The second kappa shape index (κ2) is 6.25. The van der Waals surface area contributed by atoms with E-state index in [2.05, 4.69) is 15.9 Å². The quantitative estimate of drug-likeness (QED) is 0.244. The third kappa shape index (κ3) is 2.14. The fourth-order valence-electron chi connectivity index (χ4n) is 5.08. The minimum absolute atomic E-state index is 0.289. The maximum absolute atomic E-state index is 13.7. The Bertz CT molecular complexity index is 1250. The molecule has 5 nitrogen and oxygen atoms in total. The molecule has 30 heavy (non-hydrogen) atoms. The first-order valence-electron chi connectivity index (χ1n) is 9.50. The number of halogens is 1. The second-order valence-electron chi connectivity index (χ2n) is 7.86. The number of ketones is 1. The molecule has 1 fully saturated rings. The smallest absolute Gasteiger partial charge is 0.330 e. The molecule has 0 amide bonds. The fraction of sp³-hybridized carbons (Fsp3) is 0.208. The van der Waals surface area contributed by atoms with Crippen LogP contribution < -0.4 is 4.74 Å². The van der Waals surface area contributed by atoms with E-state index in [1.54, 1.807) is 37.3 Å². The van der Waals surface area contributed by atoms with Crippen LogP contribution >= 0.6 is 15.9 Å². The Morgan fingerprint density at radius 2 is 1.73 bits per heavy atom. The third-order valence-electron chi connectivity index (χ3n) is 6.58. The predicted octanol–water partition coefficient (Wildman–Crippen LogP) is 4.67. The number of rotatable bonds is 3.